The average Bonchev–Trinajstić information content (AvgIpc) is 2.39. The van der Waals surface area contributed by atoms with E-state index in [1.807, 2.05) is 6.07 Å². The summed E-state index contributed by atoms with van der Waals surface area (Å²) in [7, 11) is 0. The van der Waals surface area contributed by atoms with Gasteiger partial charge in [0.05, 0.1) is 0 Å². The highest BCUT2D eigenvalue weighted by Crippen LogP contribution is 2.35. The quantitative estimate of drug-likeness (QED) is 0.782. The van der Waals surface area contributed by atoms with Crippen LogP contribution in [0.1, 0.15) is 45.9 Å². The molecule has 0 amide bonds. The van der Waals surface area contributed by atoms with Gasteiger partial charge in [0.1, 0.15) is 16.8 Å². The van der Waals surface area contributed by atoms with Crippen molar-refractivity contribution in [2.45, 2.75) is 46.5 Å². The monoisotopic (exact) mass is 267 g/mol. The lowest BCUT2D eigenvalue weighted by molar-refractivity contribution is 0.237. The first-order chi connectivity index (χ1) is 8.56. The van der Waals surface area contributed by atoms with E-state index in [0.717, 1.165) is 31.2 Å². The Morgan fingerprint density at radius 2 is 1.94 bits per heavy atom. The minimum atomic E-state index is 0.501. The van der Waals surface area contributed by atoms with E-state index in [-0.39, 0.29) is 0 Å². The average molecular weight is 268 g/mol. The Morgan fingerprint density at radius 3 is 2.50 bits per heavy atom. The summed E-state index contributed by atoms with van der Waals surface area (Å²) >= 11 is 6.05. The number of aryl methyl sites for hydroxylation is 1. The van der Waals surface area contributed by atoms with Crippen molar-refractivity contribution in [2.24, 2.45) is 5.41 Å². The van der Waals surface area contributed by atoms with E-state index < -0.39 is 0 Å². The van der Waals surface area contributed by atoms with Crippen molar-refractivity contribution in [1.82, 2.24) is 9.97 Å². The molecule has 2 rings (SSSR count). The van der Waals surface area contributed by atoms with Gasteiger partial charge in [0.2, 0.25) is 0 Å². The summed E-state index contributed by atoms with van der Waals surface area (Å²) in [4.78, 5) is 11.1. The molecule has 1 aromatic heterocycles. The van der Waals surface area contributed by atoms with Crippen LogP contribution in [0, 0.1) is 5.41 Å². The molecule has 0 atom stereocenters. The van der Waals surface area contributed by atoms with Crippen molar-refractivity contribution < 1.29 is 0 Å². The zero-order valence-corrected chi connectivity index (χ0v) is 12.3. The second kappa shape index (κ2) is 5.43. The molecule has 1 aromatic rings. The fourth-order valence-corrected chi connectivity index (χ4v) is 2.60. The van der Waals surface area contributed by atoms with Crippen molar-refractivity contribution >= 4 is 17.4 Å². The number of hydrogen-bond acceptors (Lipinski definition) is 3. The summed E-state index contributed by atoms with van der Waals surface area (Å²) < 4.78 is 0. The van der Waals surface area contributed by atoms with Crippen LogP contribution in [0.2, 0.25) is 5.15 Å². The molecule has 3 nitrogen and oxygen atoms in total. The molecule has 0 aliphatic carbocycles. The number of piperidine rings is 1. The molecule has 0 aromatic carbocycles. The van der Waals surface area contributed by atoms with Crippen LogP contribution in [0.3, 0.4) is 0 Å². The Kier molecular flexibility index (Phi) is 4.10. The molecule has 1 fully saturated rings. The van der Waals surface area contributed by atoms with E-state index in [1.54, 1.807) is 0 Å². The van der Waals surface area contributed by atoms with Gasteiger partial charge in [0.25, 0.3) is 0 Å². The molecule has 0 saturated carbocycles. The van der Waals surface area contributed by atoms with Gasteiger partial charge in [0.15, 0.2) is 0 Å². The van der Waals surface area contributed by atoms with Crippen molar-refractivity contribution in [1.29, 1.82) is 0 Å². The minimum absolute atomic E-state index is 0.501. The summed E-state index contributed by atoms with van der Waals surface area (Å²) in [5.41, 5.74) is 0.501. The lowest BCUT2D eigenvalue weighted by atomic mass is 9.78. The molecule has 0 unspecified atom stereocenters. The summed E-state index contributed by atoms with van der Waals surface area (Å²) in [6.07, 6.45) is 4.54. The maximum Gasteiger partial charge on any atom is 0.134 e. The highest BCUT2D eigenvalue weighted by Gasteiger charge is 2.28. The Bertz CT molecular complexity index is 412. The summed E-state index contributed by atoms with van der Waals surface area (Å²) in [6.45, 7) is 8.86. The second-order valence-corrected chi connectivity index (χ2v) is 5.86. The Morgan fingerprint density at radius 1 is 1.28 bits per heavy atom. The standard InChI is InChI=1S/C14H22ClN3/c1-4-12-16-11(15)10-13(17-12)18-8-6-14(3,5-2)7-9-18/h10H,4-9H2,1-3H3. The molecule has 18 heavy (non-hydrogen) atoms. The van der Waals surface area contributed by atoms with Gasteiger partial charge in [0, 0.05) is 25.6 Å². The molecule has 0 N–H and O–H groups in total. The van der Waals surface area contributed by atoms with Gasteiger partial charge in [-0.15, -0.1) is 0 Å². The SMILES string of the molecule is CCc1nc(Cl)cc(N2CCC(C)(CC)CC2)n1. The largest absolute Gasteiger partial charge is 0.356 e. The van der Waals surface area contributed by atoms with Gasteiger partial charge >= 0.3 is 0 Å². The Balaban J connectivity index is 2.12. The molecule has 1 saturated heterocycles. The number of nitrogens with zero attached hydrogens (tertiary/aromatic N) is 3. The highest BCUT2D eigenvalue weighted by atomic mass is 35.5. The molecule has 0 spiro atoms. The van der Waals surface area contributed by atoms with Gasteiger partial charge in [-0.1, -0.05) is 38.8 Å². The number of hydrogen-bond donors (Lipinski definition) is 0. The van der Waals surface area contributed by atoms with Crippen LogP contribution in [0.5, 0.6) is 0 Å². The smallest absolute Gasteiger partial charge is 0.134 e. The Hall–Kier alpha value is -0.830. The number of aromatic nitrogens is 2. The molecule has 2 heterocycles. The molecule has 100 valence electrons. The van der Waals surface area contributed by atoms with Crippen LogP contribution < -0.4 is 4.90 Å². The van der Waals surface area contributed by atoms with E-state index in [9.17, 15) is 0 Å². The molecule has 4 heteroatoms. The molecule has 0 radical (unpaired) electrons. The second-order valence-electron chi connectivity index (χ2n) is 5.47. The molecular formula is C14H22ClN3. The van der Waals surface area contributed by atoms with Gasteiger partial charge in [-0.3, -0.25) is 0 Å². The highest BCUT2D eigenvalue weighted by molar-refractivity contribution is 6.29. The van der Waals surface area contributed by atoms with Crippen LogP contribution in [-0.2, 0) is 6.42 Å². The third-order valence-electron chi connectivity index (χ3n) is 4.19. The van der Waals surface area contributed by atoms with Gasteiger partial charge in [-0.05, 0) is 18.3 Å². The fourth-order valence-electron chi connectivity index (χ4n) is 2.40. The van der Waals surface area contributed by atoms with E-state index in [0.29, 0.717) is 10.6 Å². The number of rotatable bonds is 3. The summed E-state index contributed by atoms with van der Waals surface area (Å²) in [5.74, 6) is 1.83. The van der Waals surface area contributed by atoms with Gasteiger partial charge < -0.3 is 4.90 Å². The molecule has 1 aliphatic rings. The first kappa shape index (κ1) is 13.6. The van der Waals surface area contributed by atoms with Crippen LogP contribution in [0.15, 0.2) is 6.07 Å². The van der Waals surface area contributed by atoms with Crippen LogP contribution >= 0.6 is 11.6 Å². The Labute approximate surface area is 115 Å². The lowest BCUT2D eigenvalue weighted by Gasteiger charge is -2.39. The summed E-state index contributed by atoms with van der Waals surface area (Å²) in [5, 5.41) is 0.556. The normalized spacial score (nSPS) is 19.0. The van der Waals surface area contributed by atoms with Crippen molar-refractivity contribution in [3.05, 3.63) is 17.0 Å². The number of anilines is 1. The predicted molar refractivity (Wildman–Crippen MR) is 76.3 cm³/mol. The number of halogens is 1. The summed E-state index contributed by atoms with van der Waals surface area (Å²) in [6, 6.07) is 1.88. The van der Waals surface area contributed by atoms with Crippen LogP contribution in [-0.4, -0.2) is 23.1 Å². The fraction of sp³-hybridized carbons (Fsp3) is 0.714. The maximum atomic E-state index is 6.05. The lowest BCUT2D eigenvalue weighted by Crippen LogP contribution is -2.39. The first-order valence-electron chi connectivity index (χ1n) is 6.85. The molecule has 1 aliphatic heterocycles. The maximum absolute atomic E-state index is 6.05. The van der Waals surface area contributed by atoms with E-state index in [4.69, 9.17) is 11.6 Å². The van der Waals surface area contributed by atoms with E-state index in [2.05, 4.69) is 35.6 Å². The topological polar surface area (TPSA) is 29.0 Å². The predicted octanol–water partition coefficient (Wildman–Crippen LogP) is 3.71. The zero-order valence-electron chi connectivity index (χ0n) is 11.5. The third-order valence-corrected chi connectivity index (χ3v) is 4.39. The van der Waals surface area contributed by atoms with Gasteiger partial charge in [-0.25, -0.2) is 9.97 Å². The molecule has 0 bridgehead atoms. The van der Waals surface area contributed by atoms with Crippen LogP contribution in [0.4, 0.5) is 5.82 Å². The first-order valence-corrected chi connectivity index (χ1v) is 7.22. The van der Waals surface area contributed by atoms with E-state index in [1.165, 1.54) is 19.3 Å². The van der Waals surface area contributed by atoms with Crippen molar-refractivity contribution in [2.75, 3.05) is 18.0 Å². The van der Waals surface area contributed by atoms with Gasteiger partial charge in [-0.2, -0.15) is 0 Å². The van der Waals surface area contributed by atoms with E-state index >= 15 is 0 Å². The van der Waals surface area contributed by atoms with Crippen molar-refractivity contribution in [3.63, 3.8) is 0 Å². The van der Waals surface area contributed by atoms with Crippen LogP contribution in [0.25, 0.3) is 0 Å². The third kappa shape index (κ3) is 2.94. The van der Waals surface area contributed by atoms with Crippen molar-refractivity contribution in [3.8, 4) is 0 Å². The molecular weight excluding hydrogens is 246 g/mol. The zero-order chi connectivity index (χ0) is 13.2. The minimum Gasteiger partial charge on any atom is -0.356 e.